The normalized spacial score (nSPS) is 12.4. The van der Waals surface area contributed by atoms with E-state index in [0.29, 0.717) is 22.5 Å². The summed E-state index contributed by atoms with van der Waals surface area (Å²) in [5, 5.41) is 16.3. The van der Waals surface area contributed by atoms with Gasteiger partial charge in [0.25, 0.3) is 5.91 Å². The van der Waals surface area contributed by atoms with Crippen molar-refractivity contribution in [1.29, 1.82) is 0 Å². The largest absolute Gasteiger partial charge is 0.478 e. The first-order valence-corrected chi connectivity index (χ1v) is 9.80. The van der Waals surface area contributed by atoms with E-state index in [1.54, 1.807) is 37.7 Å². The van der Waals surface area contributed by atoms with Crippen LogP contribution in [-0.2, 0) is 19.6 Å². The molecule has 32 heavy (non-hydrogen) atoms. The SMILES string of the molecule is Cc1c(C(=O)N[C@@H](C)c2ccc(C(=O)O)cc2)c(Cc2ccc(C(F)(F)F)cc2)nn1C. The van der Waals surface area contributed by atoms with E-state index in [4.69, 9.17) is 5.11 Å². The quantitative estimate of drug-likeness (QED) is 0.584. The number of halogens is 3. The van der Waals surface area contributed by atoms with Crippen LogP contribution in [0.5, 0.6) is 0 Å². The molecule has 0 aliphatic rings. The number of carbonyl (C=O) groups excluding carboxylic acids is 1. The molecule has 6 nitrogen and oxygen atoms in total. The lowest BCUT2D eigenvalue weighted by molar-refractivity contribution is -0.137. The molecule has 0 saturated heterocycles. The number of hydrogen-bond donors (Lipinski definition) is 2. The summed E-state index contributed by atoms with van der Waals surface area (Å²) in [4.78, 5) is 24.0. The number of nitrogens with one attached hydrogen (secondary N) is 1. The van der Waals surface area contributed by atoms with Crippen molar-refractivity contribution in [1.82, 2.24) is 15.1 Å². The van der Waals surface area contributed by atoms with Crippen LogP contribution >= 0.6 is 0 Å². The van der Waals surface area contributed by atoms with Crippen molar-refractivity contribution in [3.63, 3.8) is 0 Å². The zero-order valence-corrected chi connectivity index (χ0v) is 17.7. The van der Waals surface area contributed by atoms with Crippen LogP contribution in [0, 0.1) is 6.92 Å². The van der Waals surface area contributed by atoms with Gasteiger partial charge >= 0.3 is 12.1 Å². The van der Waals surface area contributed by atoms with Gasteiger partial charge in [-0.15, -0.1) is 0 Å². The van der Waals surface area contributed by atoms with E-state index in [2.05, 4.69) is 10.4 Å². The van der Waals surface area contributed by atoms with Gasteiger partial charge in [-0.25, -0.2) is 4.79 Å². The third-order valence-electron chi connectivity index (χ3n) is 5.29. The molecule has 3 aromatic rings. The van der Waals surface area contributed by atoms with Crippen LogP contribution in [-0.4, -0.2) is 26.8 Å². The molecule has 1 atom stereocenters. The number of aromatic carboxylic acids is 1. The standard InChI is InChI=1S/C23H22F3N3O3/c1-13(16-6-8-17(9-7-16)22(31)32)27-21(30)20-14(2)29(3)28-19(20)12-15-4-10-18(11-5-15)23(24,25)26/h4-11,13H,12H2,1-3H3,(H,27,30)(H,31,32)/t13-/m0/s1. The minimum absolute atomic E-state index is 0.147. The van der Waals surface area contributed by atoms with E-state index in [-0.39, 0.29) is 17.9 Å². The lowest BCUT2D eigenvalue weighted by atomic mass is 10.0. The summed E-state index contributed by atoms with van der Waals surface area (Å²) < 4.78 is 40.0. The van der Waals surface area contributed by atoms with Crippen molar-refractivity contribution in [2.24, 2.45) is 7.05 Å². The zero-order chi connectivity index (χ0) is 23.6. The average molecular weight is 445 g/mol. The van der Waals surface area contributed by atoms with Crippen molar-refractivity contribution in [3.05, 3.63) is 87.7 Å². The molecular formula is C23H22F3N3O3. The highest BCUT2D eigenvalue weighted by molar-refractivity contribution is 5.96. The van der Waals surface area contributed by atoms with Crippen LogP contribution in [0.3, 0.4) is 0 Å². The summed E-state index contributed by atoms with van der Waals surface area (Å²) in [5.41, 5.74) is 2.18. The molecule has 1 aromatic heterocycles. The maximum absolute atomic E-state index is 13.0. The molecule has 0 radical (unpaired) electrons. The Labute approximate surface area is 182 Å². The Morgan fingerprint density at radius 3 is 2.22 bits per heavy atom. The number of amides is 1. The third-order valence-corrected chi connectivity index (χ3v) is 5.29. The first-order valence-electron chi connectivity index (χ1n) is 9.80. The number of carbonyl (C=O) groups is 2. The second-order valence-corrected chi connectivity index (χ2v) is 7.52. The fourth-order valence-corrected chi connectivity index (χ4v) is 3.37. The molecule has 0 aliphatic carbocycles. The molecule has 0 saturated carbocycles. The Hall–Kier alpha value is -3.62. The Morgan fingerprint density at radius 1 is 1.09 bits per heavy atom. The number of benzene rings is 2. The van der Waals surface area contributed by atoms with Gasteiger partial charge in [-0.05, 0) is 49.2 Å². The molecule has 2 aromatic carbocycles. The zero-order valence-electron chi connectivity index (χ0n) is 17.7. The van der Waals surface area contributed by atoms with Crippen molar-refractivity contribution in [2.45, 2.75) is 32.5 Å². The van der Waals surface area contributed by atoms with Crippen molar-refractivity contribution in [2.75, 3.05) is 0 Å². The third kappa shape index (κ3) is 4.99. The Bertz CT molecular complexity index is 1130. The number of carboxylic acids is 1. The highest BCUT2D eigenvalue weighted by Gasteiger charge is 2.30. The maximum Gasteiger partial charge on any atom is 0.416 e. The molecule has 168 valence electrons. The second-order valence-electron chi connectivity index (χ2n) is 7.52. The molecule has 0 aliphatic heterocycles. The van der Waals surface area contributed by atoms with Crippen LogP contribution in [0.1, 0.15) is 61.8 Å². The highest BCUT2D eigenvalue weighted by atomic mass is 19.4. The fraction of sp³-hybridized carbons (Fsp3) is 0.261. The predicted octanol–water partition coefficient (Wildman–Crippen LogP) is 4.53. The molecule has 0 bridgehead atoms. The van der Waals surface area contributed by atoms with Gasteiger partial charge in [0.2, 0.25) is 0 Å². The number of rotatable bonds is 6. The second kappa shape index (κ2) is 8.86. The summed E-state index contributed by atoms with van der Waals surface area (Å²) in [5.74, 6) is -1.40. The molecule has 0 unspecified atom stereocenters. The van der Waals surface area contributed by atoms with E-state index in [1.165, 1.54) is 24.3 Å². The van der Waals surface area contributed by atoms with E-state index >= 15 is 0 Å². The van der Waals surface area contributed by atoms with E-state index in [1.807, 2.05) is 0 Å². The minimum atomic E-state index is -4.41. The molecule has 2 N–H and O–H groups in total. The lowest BCUT2D eigenvalue weighted by Crippen LogP contribution is -2.28. The van der Waals surface area contributed by atoms with Gasteiger partial charge in [0.05, 0.1) is 28.4 Å². The molecule has 1 heterocycles. The molecular weight excluding hydrogens is 423 g/mol. The fourth-order valence-electron chi connectivity index (χ4n) is 3.37. The Morgan fingerprint density at radius 2 is 1.69 bits per heavy atom. The topological polar surface area (TPSA) is 84.2 Å². The summed E-state index contributed by atoms with van der Waals surface area (Å²) in [6.07, 6.45) is -4.21. The highest BCUT2D eigenvalue weighted by Crippen LogP contribution is 2.29. The minimum Gasteiger partial charge on any atom is -0.478 e. The van der Waals surface area contributed by atoms with Gasteiger partial charge in [-0.1, -0.05) is 24.3 Å². The summed E-state index contributed by atoms with van der Waals surface area (Å²) >= 11 is 0. The van der Waals surface area contributed by atoms with E-state index in [0.717, 1.165) is 17.7 Å². The predicted molar refractivity (Wildman–Crippen MR) is 111 cm³/mol. The summed E-state index contributed by atoms with van der Waals surface area (Å²) in [6, 6.07) is 10.6. The first-order chi connectivity index (χ1) is 15.0. The smallest absolute Gasteiger partial charge is 0.416 e. The van der Waals surface area contributed by atoms with Gasteiger partial charge in [-0.2, -0.15) is 18.3 Å². The Kier molecular flexibility index (Phi) is 6.38. The lowest BCUT2D eigenvalue weighted by Gasteiger charge is -2.15. The van der Waals surface area contributed by atoms with Crippen LogP contribution in [0.4, 0.5) is 13.2 Å². The monoisotopic (exact) mass is 445 g/mol. The number of carboxylic acid groups (broad SMARTS) is 1. The van der Waals surface area contributed by atoms with E-state index in [9.17, 15) is 22.8 Å². The van der Waals surface area contributed by atoms with Gasteiger partial charge in [0.15, 0.2) is 0 Å². The number of alkyl halides is 3. The number of hydrogen-bond acceptors (Lipinski definition) is 3. The average Bonchev–Trinajstić information content (AvgIpc) is 3.00. The van der Waals surface area contributed by atoms with Crippen LogP contribution in [0.25, 0.3) is 0 Å². The van der Waals surface area contributed by atoms with Crippen LogP contribution in [0.15, 0.2) is 48.5 Å². The van der Waals surface area contributed by atoms with Crippen molar-refractivity contribution < 1.29 is 27.9 Å². The van der Waals surface area contributed by atoms with Gasteiger partial charge in [0.1, 0.15) is 0 Å². The van der Waals surface area contributed by atoms with Crippen LogP contribution < -0.4 is 5.32 Å². The number of aromatic nitrogens is 2. The van der Waals surface area contributed by atoms with Gasteiger partial charge in [0, 0.05) is 19.2 Å². The van der Waals surface area contributed by atoms with Crippen molar-refractivity contribution >= 4 is 11.9 Å². The van der Waals surface area contributed by atoms with E-state index < -0.39 is 23.8 Å². The molecule has 0 fully saturated rings. The first kappa shape index (κ1) is 23.1. The molecule has 1 amide bonds. The molecule has 3 rings (SSSR count). The number of nitrogens with zero attached hydrogens (tertiary/aromatic N) is 2. The van der Waals surface area contributed by atoms with Crippen LogP contribution in [0.2, 0.25) is 0 Å². The van der Waals surface area contributed by atoms with Gasteiger partial charge in [-0.3, -0.25) is 9.48 Å². The Balaban J connectivity index is 1.80. The molecule has 0 spiro atoms. The van der Waals surface area contributed by atoms with Crippen molar-refractivity contribution in [3.8, 4) is 0 Å². The summed E-state index contributed by atoms with van der Waals surface area (Å²) in [7, 11) is 1.69. The summed E-state index contributed by atoms with van der Waals surface area (Å²) in [6.45, 7) is 3.51. The molecule has 9 heteroatoms. The van der Waals surface area contributed by atoms with Gasteiger partial charge < -0.3 is 10.4 Å². The number of aryl methyl sites for hydroxylation is 1. The maximum atomic E-state index is 13.0.